The number of likely N-dealkylation sites (N-methyl/N-ethyl adjacent to an activating group) is 1. The van der Waals surface area contributed by atoms with Gasteiger partial charge in [-0.2, -0.15) is 0 Å². The topological polar surface area (TPSA) is 35.5 Å². The van der Waals surface area contributed by atoms with Crippen LogP contribution in [-0.2, 0) is 5.54 Å². The molecule has 31 heavy (non-hydrogen) atoms. The smallest absolute Gasteiger partial charge is 0.0951 e. The van der Waals surface area contributed by atoms with Gasteiger partial charge in [0.2, 0.25) is 0 Å². The van der Waals surface area contributed by atoms with Crippen molar-refractivity contribution in [2.45, 2.75) is 38.3 Å². The maximum absolute atomic E-state index is 10.4. The first kappa shape index (κ1) is 23.2. The van der Waals surface area contributed by atoms with Gasteiger partial charge >= 0.3 is 0 Å². The van der Waals surface area contributed by atoms with Crippen LogP contribution in [0.15, 0.2) is 91.0 Å². The lowest BCUT2D eigenvalue weighted by molar-refractivity contribution is 0.168. The van der Waals surface area contributed by atoms with Gasteiger partial charge in [-0.3, -0.25) is 5.32 Å². The number of benzene rings is 3. The molecule has 1 atom stereocenters. The highest BCUT2D eigenvalue weighted by Crippen LogP contribution is 2.37. The average Bonchev–Trinajstić information content (AvgIpc) is 2.85. The first-order valence-corrected chi connectivity index (χ1v) is 11.5. The standard InChI is InChI=1S/C28H36N2O/c1-3-5-21-30(4-2)22-27(23-31)29-28(24-15-9-6-10-16-24,25-17-11-7-12-18-25)26-19-13-8-14-20-26/h6-20,27,29,31H,3-5,21-23H2,1-2H3. The van der Waals surface area contributed by atoms with Crippen LogP contribution >= 0.6 is 0 Å². The molecule has 164 valence electrons. The molecule has 0 aliphatic rings. The van der Waals surface area contributed by atoms with Crippen LogP contribution in [0.2, 0.25) is 0 Å². The highest BCUT2D eigenvalue weighted by atomic mass is 16.3. The number of nitrogens with one attached hydrogen (secondary N) is 1. The van der Waals surface area contributed by atoms with E-state index in [4.69, 9.17) is 0 Å². The number of aliphatic hydroxyl groups excluding tert-OH is 1. The minimum absolute atomic E-state index is 0.0718. The molecule has 0 bridgehead atoms. The van der Waals surface area contributed by atoms with Gasteiger partial charge in [-0.1, -0.05) is 111 Å². The van der Waals surface area contributed by atoms with E-state index in [-0.39, 0.29) is 12.6 Å². The molecule has 0 aliphatic carbocycles. The Morgan fingerprint density at radius 2 is 1.23 bits per heavy atom. The largest absolute Gasteiger partial charge is 0.395 e. The van der Waals surface area contributed by atoms with E-state index in [1.54, 1.807) is 0 Å². The molecule has 0 aromatic heterocycles. The highest BCUT2D eigenvalue weighted by molar-refractivity contribution is 5.49. The van der Waals surface area contributed by atoms with Crippen LogP contribution in [0.3, 0.4) is 0 Å². The summed E-state index contributed by atoms with van der Waals surface area (Å²) in [5.41, 5.74) is 2.95. The number of hydrogen-bond donors (Lipinski definition) is 2. The highest BCUT2D eigenvalue weighted by Gasteiger charge is 2.38. The predicted octanol–water partition coefficient (Wildman–Crippen LogP) is 5.05. The summed E-state index contributed by atoms with van der Waals surface area (Å²) in [6.07, 6.45) is 2.35. The number of rotatable bonds is 12. The van der Waals surface area contributed by atoms with Crippen molar-refractivity contribution < 1.29 is 5.11 Å². The minimum atomic E-state index is -0.554. The van der Waals surface area contributed by atoms with Crippen molar-refractivity contribution in [2.24, 2.45) is 0 Å². The summed E-state index contributed by atoms with van der Waals surface area (Å²) in [5, 5.41) is 14.3. The lowest BCUT2D eigenvalue weighted by atomic mass is 9.76. The van der Waals surface area contributed by atoms with Gasteiger partial charge < -0.3 is 10.0 Å². The zero-order chi connectivity index (χ0) is 21.9. The molecule has 3 aromatic carbocycles. The number of unbranched alkanes of at least 4 members (excludes halogenated alkanes) is 1. The van der Waals surface area contributed by atoms with E-state index in [1.165, 1.54) is 29.5 Å². The van der Waals surface area contributed by atoms with Gasteiger partial charge in [0.05, 0.1) is 12.1 Å². The van der Waals surface area contributed by atoms with Crippen molar-refractivity contribution >= 4 is 0 Å². The third-order valence-electron chi connectivity index (χ3n) is 6.02. The van der Waals surface area contributed by atoms with Crippen molar-refractivity contribution in [1.29, 1.82) is 0 Å². The molecular formula is C28H36N2O. The van der Waals surface area contributed by atoms with Crippen LogP contribution in [0, 0.1) is 0 Å². The summed E-state index contributed by atoms with van der Waals surface area (Å²) in [4.78, 5) is 2.43. The molecule has 0 spiro atoms. The van der Waals surface area contributed by atoms with Crippen molar-refractivity contribution in [3.63, 3.8) is 0 Å². The van der Waals surface area contributed by atoms with E-state index in [1.807, 2.05) is 0 Å². The number of nitrogens with zero attached hydrogens (tertiary/aromatic N) is 1. The molecule has 0 radical (unpaired) electrons. The Morgan fingerprint density at radius 1 is 0.774 bits per heavy atom. The first-order valence-electron chi connectivity index (χ1n) is 11.5. The fraction of sp³-hybridized carbons (Fsp3) is 0.357. The van der Waals surface area contributed by atoms with Gasteiger partial charge in [0.15, 0.2) is 0 Å². The SMILES string of the molecule is CCCCN(CC)CC(CO)NC(c1ccccc1)(c1ccccc1)c1ccccc1. The van der Waals surface area contributed by atoms with Crippen molar-refractivity contribution in [3.8, 4) is 0 Å². The van der Waals surface area contributed by atoms with Crippen molar-refractivity contribution in [1.82, 2.24) is 10.2 Å². The van der Waals surface area contributed by atoms with Crippen molar-refractivity contribution in [3.05, 3.63) is 108 Å². The summed E-state index contributed by atoms with van der Waals surface area (Å²) in [6.45, 7) is 7.34. The summed E-state index contributed by atoms with van der Waals surface area (Å²) in [6, 6.07) is 31.7. The predicted molar refractivity (Wildman–Crippen MR) is 130 cm³/mol. The van der Waals surface area contributed by atoms with Gasteiger partial charge in [0, 0.05) is 12.6 Å². The number of aliphatic hydroxyl groups is 1. The summed E-state index contributed by atoms with van der Waals surface area (Å²) in [5.74, 6) is 0. The molecule has 0 amide bonds. The van der Waals surface area contributed by atoms with Crippen LogP contribution in [0.5, 0.6) is 0 Å². The molecular weight excluding hydrogens is 380 g/mol. The van der Waals surface area contributed by atoms with E-state index in [9.17, 15) is 5.11 Å². The molecule has 3 heteroatoms. The van der Waals surface area contributed by atoms with Crippen LogP contribution in [-0.4, -0.2) is 42.3 Å². The van der Waals surface area contributed by atoms with Gasteiger partial charge in [-0.05, 0) is 36.2 Å². The second-order valence-corrected chi connectivity index (χ2v) is 8.12. The third kappa shape index (κ3) is 5.62. The molecule has 3 nitrogen and oxygen atoms in total. The average molecular weight is 417 g/mol. The molecule has 0 aliphatic heterocycles. The molecule has 0 saturated carbocycles. The molecule has 3 rings (SSSR count). The zero-order valence-corrected chi connectivity index (χ0v) is 18.9. The maximum atomic E-state index is 10.4. The molecule has 1 unspecified atom stereocenters. The van der Waals surface area contributed by atoms with Gasteiger partial charge in [-0.25, -0.2) is 0 Å². The molecule has 0 fully saturated rings. The second kappa shape index (κ2) is 11.8. The molecule has 0 heterocycles. The summed E-state index contributed by atoms with van der Waals surface area (Å²) >= 11 is 0. The Bertz CT molecular complexity index is 771. The van der Waals surface area contributed by atoms with Crippen LogP contribution in [0.4, 0.5) is 0 Å². The summed E-state index contributed by atoms with van der Waals surface area (Å²) in [7, 11) is 0. The Kier molecular flexibility index (Phi) is 8.84. The lowest BCUT2D eigenvalue weighted by Gasteiger charge is -2.41. The van der Waals surface area contributed by atoms with Crippen molar-refractivity contribution in [2.75, 3.05) is 26.2 Å². The lowest BCUT2D eigenvalue weighted by Crippen LogP contribution is -2.54. The van der Waals surface area contributed by atoms with Crippen LogP contribution in [0.1, 0.15) is 43.4 Å². The molecule has 2 N–H and O–H groups in total. The Hall–Kier alpha value is -2.46. The molecule has 3 aromatic rings. The minimum Gasteiger partial charge on any atom is -0.395 e. The van der Waals surface area contributed by atoms with E-state index < -0.39 is 5.54 Å². The van der Waals surface area contributed by atoms with Crippen LogP contribution < -0.4 is 5.32 Å². The Labute approximate surface area is 187 Å². The van der Waals surface area contributed by atoms with E-state index >= 15 is 0 Å². The van der Waals surface area contributed by atoms with E-state index in [0.29, 0.717) is 0 Å². The van der Waals surface area contributed by atoms with E-state index in [0.717, 1.165) is 19.6 Å². The third-order valence-corrected chi connectivity index (χ3v) is 6.02. The number of hydrogen-bond acceptors (Lipinski definition) is 3. The molecule has 0 saturated heterocycles. The normalized spacial score (nSPS) is 12.8. The quantitative estimate of drug-likeness (QED) is 0.406. The first-order chi connectivity index (χ1) is 15.2. The fourth-order valence-corrected chi connectivity index (χ4v) is 4.34. The Balaban J connectivity index is 2.09. The van der Waals surface area contributed by atoms with E-state index in [2.05, 4.69) is 115 Å². The van der Waals surface area contributed by atoms with Crippen LogP contribution in [0.25, 0.3) is 0 Å². The van der Waals surface area contributed by atoms with Gasteiger partial charge in [0.1, 0.15) is 0 Å². The summed E-state index contributed by atoms with van der Waals surface area (Å²) < 4.78 is 0. The van der Waals surface area contributed by atoms with Gasteiger partial charge in [-0.15, -0.1) is 0 Å². The zero-order valence-electron chi connectivity index (χ0n) is 18.9. The Morgan fingerprint density at radius 3 is 1.58 bits per heavy atom. The fourth-order valence-electron chi connectivity index (χ4n) is 4.34. The van der Waals surface area contributed by atoms with Gasteiger partial charge in [0.25, 0.3) is 0 Å². The maximum Gasteiger partial charge on any atom is 0.0951 e. The monoisotopic (exact) mass is 416 g/mol. The second-order valence-electron chi connectivity index (χ2n) is 8.12.